The van der Waals surface area contributed by atoms with Crippen LogP contribution in [-0.4, -0.2) is 30.9 Å². The van der Waals surface area contributed by atoms with Crippen LogP contribution in [0.25, 0.3) is 0 Å². The van der Waals surface area contributed by atoms with Gasteiger partial charge in [-0.3, -0.25) is 14.4 Å². The van der Waals surface area contributed by atoms with Gasteiger partial charge in [0.1, 0.15) is 0 Å². The average Bonchev–Trinajstić information content (AvgIpc) is 3.56. The van der Waals surface area contributed by atoms with Crippen LogP contribution in [0.15, 0.2) is 66.0 Å². The van der Waals surface area contributed by atoms with Crippen molar-refractivity contribution in [3.63, 3.8) is 0 Å². The maximum atomic E-state index is 13.1. The summed E-state index contributed by atoms with van der Waals surface area (Å²) in [5, 5.41) is 1.93. The standard InChI is InChI=1S/C26H24N2O4S/c1-17-8-10-19(11-9-17)28-23(29)15-20(25(28)22-7-4-14-33-22)26(31)32-16-24(30)27-13-12-18-5-2-3-6-21(18)27/h2-11,14,20,25H,12-13,15-16H2,1H3/t20-,25+/m1/s1. The molecule has 2 aliphatic heterocycles. The number of para-hydroxylation sites is 1. The van der Waals surface area contributed by atoms with Gasteiger partial charge in [0, 0.05) is 29.2 Å². The lowest BCUT2D eigenvalue weighted by Crippen LogP contribution is -2.35. The van der Waals surface area contributed by atoms with Crippen LogP contribution in [-0.2, 0) is 25.5 Å². The number of amides is 2. The Morgan fingerprint density at radius 3 is 2.61 bits per heavy atom. The molecular formula is C26H24N2O4S. The molecule has 0 radical (unpaired) electrons. The van der Waals surface area contributed by atoms with Crippen LogP contribution in [0.3, 0.4) is 0 Å². The molecule has 0 bridgehead atoms. The molecular weight excluding hydrogens is 436 g/mol. The number of hydrogen-bond acceptors (Lipinski definition) is 5. The Morgan fingerprint density at radius 1 is 1.06 bits per heavy atom. The van der Waals surface area contributed by atoms with E-state index in [4.69, 9.17) is 4.74 Å². The van der Waals surface area contributed by atoms with Gasteiger partial charge >= 0.3 is 5.97 Å². The van der Waals surface area contributed by atoms with E-state index in [0.29, 0.717) is 6.54 Å². The van der Waals surface area contributed by atoms with Crippen LogP contribution in [0.5, 0.6) is 0 Å². The minimum Gasteiger partial charge on any atom is -0.455 e. The lowest BCUT2D eigenvalue weighted by molar-refractivity contribution is -0.152. The van der Waals surface area contributed by atoms with Crippen molar-refractivity contribution < 1.29 is 19.1 Å². The van der Waals surface area contributed by atoms with Crippen molar-refractivity contribution in [3.8, 4) is 0 Å². The zero-order valence-electron chi connectivity index (χ0n) is 18.3. The van der Waals surface area contributed by atoms with Crippen molar-refractivity contribution in [1.29, 1.82) is 0 Å². The van der Waals surface area contributed by atoms with Crippen LogP contribution in [0.1, 0.15) is 28.5 Å². The van der Waals surface area contributed by atoms with Gasteiger partial charge in [0.2, 0.25) is 5.91 Å². The Bertz CT molecular complexity index is 1190. The normalized spacial score (nSPS) is 19.6. The van der Waals surface area contributed by atoms with Gasteiger partial charge < -0.3 is 14.5 Å². The van der Waals surface area contributed by atoms with Crippen LogP contribution in [0, 0.1) is 12.8 Å². The molecule has 3 aromatic rings. The van der Waals surface area contributed by atoms with Gasteiger partial charge in [0.15, 0.2) is 6.61 Å². The van der Waals surface area contributed by atoms with Crippen molar-refractivity contribution in [2.45, 2.75) is 25.8 Å². The highest BCUT2D eigenvalue weighted by molar-refractivity contribution is 7.10. The predicted molar refractivity (Wildman–Crippen MR) is 127 cm³/mol. The molecule has 168 valence electrons. The zero-order valence-corrected chi connectivity index (χ0v) is 19.1. The van der Waals surface area contributed by atoms with Crippen LogP contribution < -0.4 is 9.80 Å². The topological polar surface area (TPSA) is 66.9 Å². The number of rotatable bonds is 5. The molecule has 0 saturated carbocycles. The number of carbonyl (C=O) groups is 3. The second kappa shape index (κ2) is 8.83. The molecule has 1 saturated heterocycles. The molecule has 33 heavy (non-hydrogen) atoms. The molecule has 1 fully saturated rings. The molecule has 2 aliphatic rings. The molecule has 1 aromatic heterocycles. The number of aryl methyl sites for hydroxylation is 1. The number of ether oxygens (including phenoxy) is 1. The molecule has 7 heteroatoms. The fraction of sp³-hybridized carbons (Fsp3) is 0.269. The second-order valence-corrected chi connectivity index (χ2v) is 9.38. The lowest BCUT2D eigenvalue weighted by atomic mass is 9.99. The van der Waals surface area contributed by atoms with Crippen molar-refractivity contribution >= 4 is 40.5 Å². The fourth-order valence-electron chi connectivity index (χ4n) is 4.66. The van der Waals surface area contributed by atoms with Crippen molar-refractivity contribution in [1.82, 2.24) is 0 Å². The van der Waals surface area contributed by atoms with E-state index in [1.54, 1.807) is 9.80 Å². The third-order valence-corrected chi connectivity index (χ3v) is 7.24. The highest BCUT2D eigenvalue weighted by Gasteiger charge is 2.46. The zero-order chi connectivity index (χ0) is 22.9. The molecule has 5 rings (SSSR count). The van der Waals surface area contributed by atoms with Crippen LogP contribution in [0.2, 0.25) is 0 Å². The predicted octanol–water partition coefficient (Wildman–Crippen LogP) is 4.28. The largest absolute Gasteiger partial charge is 0.455 e. The van der Waals surface area contributed by atoms with Gasteiger partial charge in [0.05, 0.1) is 12.0 Å². The summed E-state index contributed by atoms with van der Waals surface area (Å²) in [6.45, 7) is 2.23. The van der Waals surface area contributed by atoms with Gasteiger partial charge in [-0.1, -0.05) is 42.0 Å². The Balaban J connectivity index is 1.33. The lowest BCUT2D eigenvalue weighted by Gasteiger charge is -2.27. The summed E-state index contributed by atoms with van der Waals surface area (Å²) in [6, 6.07) is 18.9. The van der Waals surface area contributed by atoms with E-state index in [9.17, 15) is 14.4 Å². The van der Waals surface area contributed by atoms with Crippen LogP contribution >= 0.6 is 11.3 Å². The summed E-state index contributed by atoms with van der Waals surface area (Å²) in [7, 11) is 0. The first-order valence-electron chi connectivity index (χ1n) is 11.0. The maximum absolute atomic E-state index is 13.1. The number of hydrogen-bond donors (Lipinski definition) is 0. The Hall–Kier alpha value is -3.45. The molecule has 2 amide bonds. The maximum Gasteiger partial charge on any atom is 0.312 e. The molecule has 3 heterocycles. The monoisotopic (exact) mass is 460 g/mol. The quantitative estimate of drug-likeness (QED) is 0.533. The Kier molecular flexibility index (Phi) is 5.72. The Labute approximate surface area is 196 Å². The summed E-state index contributed by atoms with van der Waals surface area (Å²) < 4.78 is 5.49. The first kappa shape index (κ1) is 21.4. The number of esters is 1. The molecule has 0 spiro atoms. The molecule has 0 unspecified atom stereocenters. The molecule has 0 aliphatic carbocycles. The highest BCUT2D eigenvalue weighted by Crippen LogP contribution is 2.43. The summed E-state index contributed by atoms with van der Waals surface area (Å²) in [4.78, 5) is 43.2. The molecule has 6 nitrogen and oxygen atoms in total. The van der Waals surface area contributed by atoms with Gasteiger partial charge in [-0.15, -0.1) is 11.3 Å². The van der Waals surface area contributed by atoms with Gasteiger partial charge in [-0.25, -0.2) is 0 Å². The Morgan fingerprint density at radius 2 is 1.85 bits per heavy atom. The summed E-state index contributed by atoms with van der Waals surface area (Å²) in [5.41, 5.74) is 3.83. The molecule has 0 N–H and O–H groups in total. The number of nitrogens with zero attached hydrogens (tertiary/aromatic N) is 2. The smallest absolute Gasteiger partial charge is 0.312 e. The van der Waals surface area contributed by atoms with Gasteiger partial charge in [0.25, 0.3) is 5.91 Å². The van der Waals surface area contributed by atoms with E-state index < -0.39 is 17.9 Å². The summed E-state index contributed by atoms with van der Waals surface area (Å²) in [5.74, 6) is -1.56. The minimum atomic E-state index is -0.670. The van der Waals surface area contributed by atoms with Crippen molar-refractivity contribution in [2.24, 2.45) is 5.92 Å². The molecule has 2 aromatic carbocycles. The third-order valence-electron chi connectivity index (χ3n) is 6.30. The number of anilines is 2. The fourth-order valence-corrected chi connectivity index (χ4v) is 5.54. The number of fused-ring (bicyclic) bond motifs is 1. The third kappa shape index (κ3) is 4.04. The average molecular weight is 461 g/mol. The van der Waals surface area contributed by atoms with E-state index in [0.717, 1.165) is 33.8 Å². The number of thiophene rings is 1. The van der Waals surface area contributed by atoms with E-state index in [-0.39, 0.29) is 24.8 Å². The highest BCUT2D eigenvalue weighted by atomic mass is 32.1. The second-order valence-electron chi connectivity index (χ2n) is 8.40. The minimum absolute atomic E-state index is 0.0516. The SMILES string of the molecule is Cc1ccc(N2C(=O)C[C@@H](C(=O)OCC(=O)N3CCc4ccccc43)[C@H]2c2cccs2)cc1. The van der Waals surface area contributed by atoms with Gasteiger partial charge in [-0.05, 0) is 48.6 Å². The van der Waals surface area contributed by atoms with Crippen molar-refractivity contribution in [3.05, 3.63) is 82.0 Å². The van der Waals surface area contributed by atoms with Crippen LogP contribution in [0.4, 0.5) is 11.4 Å². The van der Waals surface area contributed by atoms with Gasteiger partial charge in [-0.2, -0.15) is 0 Å². The van der Waals surface area contributed by atoms with E-state index >= 15 is 0 Å². The van der Waals surface area contributed by atoms with E-state index in [1.807, 2.05) is 73.0 Å². The van der Waals surface area contributed by atoms with E-state index in [1.165, 1.54) is 11.3 Å². The summed E-state index contributed by atoms with van der Waals surface area (Å²) in [6.07, 6.45) is 0.842. The van der Waals surface area contributed by atoms with Crippen molar-refractivity contribution in [2.75, 3.05) is 23.0 Å². The molecule has 2 atom stereocenters. The number of benzene rings is 2. The first-order valence-corrected chi connectivity index (χ1v) is 11.9. The summed E-state index contributed by atoms with van der Waals surface area (Å²) >= 11 is 1.51. The first-order chi connectivity index (χ1) is 16.0. The van der Waals surface area contributed by atoms with E-state index in [2.05, 4.69) is 0 Å². The number of carbonyl (C=O) groups excluding carboxylic acids is 3.